The Morgan fingerprint density at radius 2 is 1.71 bits per heavy atom. The molecule has 1 heterocycles. The SMILES string of the molecule is CCC1C[C@H](C(=O)N2CCC(C(N)=O)CC2)[C@H](C(=O)O)C1. The van der Waals surface area contributed by atoms with Gasteiger partial charge in [0.2, 0.25) is 11.8 Å². The molecule has 2 fully saturated rings. The molecular weight excluding hydrogens is 272 g/mol. The lowest BCUT2D eigenvalue weighted by atomic mass is 9.91. The van der Waals surface area contributed by atoms with Crippen molar-refractivity contribution >= 4 is 17.8 Å². The number of nitrogens with two attached hydrogens (primary N) is 1. The normalized spacial score (nSPS) is 30.3. The van der Waals surface area contributed by atoms with Crippen LogP contribution in [0.25, 0.3) is 0 Å². The molecule has 2 rings (SSSR count). The maximum Gasteiger partial charge on any atom is 0.307 e. The second-order valence-electron chi connectivity index (χ2n) is 6.30. The van der Waals surface area contributed by atoms with E-state index < -0.39 is 17.8 Å². The molecule has 1 saturated carbocycles. The van der Waals surface area contributed by atoms with Crippen LogP contribution in [0.15, 0.2) is 0 Å². The standard InChI is InChI=1S/C15H24N2O4/c1-2-9-7-11(12(8-9)15(20)21)14(19)17-5-3-10(4-6-17)13(16)18/h9-12H,2-8H2,1H3,(H2,16,18)(H,20,21)/t9?,11-,12+/m0/s1. The molecule has 118 valence electrons. The summed E-state index contributed by atoms with van der Waals surface area (Å²) in [7, 11) is 0. The Bertz CT molecular complexity index is 429. The van der Waals surface area contributed by atoms with E-state index in [0.717, 1.165) is 6.42 Å². The lowest BCUT2D eigenvalue weighted by Gasteiger charge is -2.33. The second-order valence-corrected chi connectivity index (χ2v) is 6.30. The highest BCUT2D eigenvalue weighted by atomic mass is 16.4. The van der Waals surface area contributed by atoms with Crippen LogP contribution in [0, 0.1) is 23.7 Å². The van der Waals surface area contributed by atoms with E-state index in [-0.39, 0.29) is 17.7 Å². The van der Waals surface area contributed by atoms with Crippen molar-refractivity contribution in [2.24, 2.45) is 29.4 Å². The maximum absolute atomic E-state index is 12.6. The Hall–Kier alpha value is -1.59. The first-order chi connectivity index (χ1) is 9.93. The first-order valence-corrected chi connectivity index (χ1v) is 7.74. The van der Waals surface area contributed by atoms with E-state index in [0.29, 0.717) is 44.7 Å². The minimum Gasteiger partial charge on any atom is -0.481 e. The average Bonchev–Trinajstić information content (AvgIpc) is 2.91. The Morgan fingerprint density at radius 1 is 1.14 bits per heavy atom. The Balaban J connectivity index is 1.99. The fourth-order valence-corrected chi connectivity index (χ4v) is 3.64. The summed E-state index contributed by atoms with van der Waals surface area (Å²) in [6, 6.07) is 0. The Morgan fingerprint density at radius 3 is 2.19 bits per heavy atom. The number of carbonyl (C=O) groups excluding carboxylic acids is 2. The number of likely N-dealkylation sites (tertiary alicyclic amines) is 1. The quantitative estimate of drug-likeness (QED) is 0.803. The van der Waals surface area contributed by atoms with E-state index in [2.05, 4.69) is 0 Å². The van der Waals surface area contributed by atoms with E-state index in [4.69, 9.17) is 5.73 Å². The van der Waals surface area contributed by atoms with E-state index in [9.17, 15) is 19.5 Å². The van der Waals surface area contributed by atoms with Crippen LogP contribution in [-0.4, -0.2) is 40.9 Å². The highest BCUT2D eigenvalue weighted by Gasteiger charge is 2.44. The molecule has 2 aliphatic rings. The fraction of sp³-hybridized carbons (Fsp3) is 0.800. The van der Waals surface area contributed by atoms with Crippen LogP contribution >= 0.6 is 0 Å². The number of nitrogens with zero attached hydrogens (tertiary/aromatic N) is 1. The van der Waals surface area contributed by atoms with Crippen LogP contribution < -0.4 is 5.73 Å². The number of amides is 2. The summed E-state index contributed by atoms with van der Waals surface area (Å²) in [6.45, 7) is 3.05. The molecule has 1 unspecified atom stereocenters. The zero-order valence-electron chi connectivity index (χ0n) is 12.5. The fourth-order valence-electron chi connectivity index (χ4n) is 3.64. The number of piperidine rings is 1. The highest BCUT2D eigenvalue weighted by Crippen LogP contribution is 2.39. The van der Waals surface area contributed by atoms with Crippen molar-refractivity contribution in [2.45, 2.75) is 39.0 Å². The van der Waals surface area contributed by atoms with Gasteiger partial charge < -0.3 is 15.7 Å². The van der Waals surface area contributed by atoms with Crippen molar-refractivity contribution < 1.29 is 19.5 Å². The highest BCUT2D eigenvalue weighted by molar-refractivity contribution is 5.85. The number of primary amides is 1. The molecule has 0 aromatic rings. The minimum atomic E-state index is -0.865. The van der Waals surface area contributed by atoms with Gasteiger partial charge in [-0.3, -0.25) is 14.4 Å². The second kappa shape index (κ2) is 6.45. The molecule has 1 aliphatic carbocycles. The molecule has 0 spiro atoms. The summed E-state index contributed by atoms with van der Waals surface area (Å²) in [5, 5.41) is 9.33. The van der Waals surface area contributed by atoms with Crippen molar-refractivity contribution in [3.8, 4) is 0 Å². The number of hydrogen-bond donors (Lipinski definition) is 2. The lowest BCUT2D eigenvalue weighted by molar-refractivity contribution is -0.149. The van der Waals surface area contributed by atoms with Crippen LogP contribution in [0.5, 0.6) is 0 Å². The van der Waals surface area contributed by atoms with Crippen LogP contribution in [0.1, 0.15) is 39.0 Å². The van der Waals surface area contributed by atoms with Crippen molar-refractivity contribution in [3.63, 3.8) is 0 Å². The maximum atomic E-state index is 12.6. The molecule has 0 radical (unpaired) electrons. The molecule has 6 heteroatoms. The zero-order valence-corrected chi connectivity index (χ0v) is 12.5. The zero-order chi connectivity index (χ0) is 15.6. The number of rotatable bonds is 4. The molecule has 0 aromatic carbocycles. The molecule has 1 saturated heterocycles. The van der Waals surface area contributed by atoms with Gasteiger partial charge in [0, 0.05) is 19.0 Å². The molecule has 0 aromatic heterocycles. The average molecular weight is 296 g/mol. The van der Waals surface area contributed by atoms with Crippen molar-refractivity contribution in [1.29, 1.82) is 0 Å². The predicted octanol–water partition coefficient (Wildman–Crippen LogP) is 0.847. The van der Waals surface area contributed by atoms with Gasteiger partial charge in [0.25, 0.3) is 0 Å². The monoisotopic (exact) mass is 296 g/mol. The molecule has 3 atom stereocenters. The minimum absolute atomic E-state index is 0.0544. The van der Waals surface area contributed by atoms with Crippen LogP contribution in [-0.2, 0) is 14.4 Å². The van der Waals surface area contributed by atoms with Crippen LogP contribution in [0.4, 0.5) is 0 Å². The summed E-state index contributed by atoms with van der Waals surface area (Å²) in [4.78, 5) is 36.8. The first-order valence-electron chi connectivity index (χ1n) is 7.74. The van der Waals surface area contributed by atoms with E-state index in [1.807, 2.05) is 6.92 Å². The predicted molar refractivity (Wildman–Crippen MR) is 76.1 cm³/mol. The Labute approximate surface area is 124 Å². The molecule has 2 amide bonds. The number of carboxylic acids is 1. The topological polar surface area (TPSA) is 101 Å². The molecule has 21 heavy (non-hydrogen) atoms. The summed E-state index contributed by atoms with van der Waals surface area (Å²) in [5.74, 6) is -2.02. The van der Waals surface area contributed by atoms with Crippen molar-refractivity contribution in [1.82, 2.24) is 4.90 Å². The van der Waals surface area contributed by atoms with Gasteiger partial charge in [-0.05, 0) is 31.6 Å². The van der Waals surface area contributed by atoms with Gasteiger partial charge in [0.15, 0.2) is 0 Å². The van der Waals surface area contributed by atoms with Gasteiger partial charge in [-0.2, -0.15) is 0 Å². The van der Waals surface area contributed by atoms with Gasteiger partial charge in [-0.25, -0.2) is 0 Å². The summed E-state index contributed by atoms with van der Waals surface area (Å²) >= 11 is 0. The number of aliphatic carboxylic acids is 1. The molecule has 3 N–H and O–H groups in total. The van der Waals surface area contributed by atoms with Gasteiger partial charge in [0.05, 0.1) is 11.8 Å². The first kappa shape index (κ1) is 15.8. The van der Waals surface area contributed by atoms with Crippen LogP contribution in [0.2, 0.25) is 0 Å². The number of carbonyl (C=O) groups is 3. The van der Waals surface area contributed by atoms with Crippen molar-refractivity contribution in [3.05, 3.63) is 0 Å². The number of carboxylic acid groups (broad SMARTS) is 1. The van der Waals surface area contributed by atoms with Gasteiger partial charge in [-0.15, -0.1) is 0 Å². The lowest BCUT2D eigenvalue weighted by Crippen LogP contribution is -2.45. The third-order valence-corrected chi connectivity index (χ3v) is 5.08. The molecule has 6 nitrogen and oxygen atoms in total. The van der Waals surface area contributed by atoms with E-state index in [1.54, 1.807) is 4.90 Å². The third-order valence-electron chi connectivity index (χ3n) is 5.08. The smallest absolute Gasteiger partial charge is 0.307 e. The molecule has 0 bridgehead atoms. The Kier molecular flexibility index (Phi) is 4.85. The summed E-state index contributed by atoms with van der Waals surface area (Å²) in [5.41, 5.74) is 5.29. The largest absolute Gasteiger partial charge is 0.481 e. The van der Waals surface area contributed by atoms with Gasteiger partial charge in [0.1, 0.15) is 0 Å². The number of hydrogen-bond acceptors (Lipinski definition) is 3. The molecular formula is C15H24N2O4. The van der Waals surface area contributed by atoms with Gasteiger partial charge >= 0.3 is 5.97 Å². The van der Waals surface area contributed by atoms with Gasteiger partial charge in [-0.1, -0.05) is 13.3 Å². The van der Waals surface area contributed by atoms with E-state index in [1.165, 1.54) is 0 Å². The third kappa shape index (κ3) is 3.36. The van der Waals surface area contributed by atoms with Crippen LogP contribution in [0.3, 0.4) is 0 Å². The molecule has 1 aliphatic heterocycles. The summed E-state index contributed by atoms with van der Waals surface area (Å²) in [6.07, 6.45) is 3.35. The summed E-state index contributed by atoms with van der Waals surface area (Å²) < 4.78 is 0. The van der Waals surface area contributed by atoms with Crippen molar-refractivity contribution in [2.75, 3.05) is 13.1 Å². The van der Waals surface area contributed by atoms with E-state index >= 15 is 0 Å².